The number of nitrogens with zero attached hydrogens (tertiary/aromatic N) is 5. The maximum atomic E-state index is 13.9. The normalized spacial score (nSPS) is 14.9. The Morgan fingerprint density at radius 2 is 1.70 bits per heavy atom. The van der Waals surface area contributed by atoms with Crippen LogP contribution in [0.1, 0.15) is 0 Å². The van der Waals surface area contributed by atoms with Crippen molar-refractivity contribution < 1.29 is 4.39 Å². The van der Waals surface area contributed by atoms with Crippen molar-refractivity contribution in [3.05, 3.63) is 36.4 Å². The maximum absolute atomic E-state index is 13.9. The molecule has 0 spiro atoms. The zero-order valence-electron chi connectivity index (χ0n) is 13.4. The number of rotatable bonds is 3. The lowest BCUT2D eigenvalue weighted by atomic mass is 10.2. The standard InChI is InChI=1S/C16H21FN6/c1-21(2)15-14(18)16(20-11-19-15)23-9-7-22(8-10-23)13-6-4-3-5-12(13)17/h3-6,11H,7-10,18H2,1-2H3. The number of nitrogens with two attached hydrogens (primary N) is 1. The smallest absolute Gasteiger partial charge is 0.157 e. The molecular formula is C16H21FN6. The largest absolute Gasteiger partial charge is 0.393 e. The molecule has 2 aromatic rings. The lowest BCUT2D eigenvalue weighted by molar-refractivity contribution is 0.596. The van der Waals surface area contributed by atoms with Gasteiger partial charge in [-0.25, -0.2) is 14.4 Å². The molecule has 0 bridgehead atoms. The highest BCUT2D eigenvalue weighted by molar-refractivity contribution is 5.75. The average Bonchev–Trinajstić information content (AvgIpc) is 2.55. The van der Waals surface area contributed by atoms with Crippen molar-refractivity contribution >= 4 is 23.0 Å². The summed E-state index contributed by atoms with van der Waals surface area (Å²) in [5.41, 5.74) is 7.43. The number of benzene rings is 1. The van der Waals surface area contributed by atoms with Crippen LogP contribution in [0.2, 0.25) is 0 Å². The number of hydrogen-bond acceptors (Lipinski definition) is 6. The van der Waals surface area contributed by atoms with Crippen LogP contribution in [0.25, 0.3) is 0 Å². The summed E-state index contributed by atoms with van der Waals surface area (Å²) < 4.78 is 13.9. The Labute approximate surface area is 135 Å². The van der Waals surface area contributed by atoms with E-state index in [2.05, 4.69) is 19.8 Å². The van der Waals surface area contributed by atoms with Crippen LogP contribution < -0.4 is 20.4 Å². The molecule has 0 aliphatic carbocycles. The van der Waals surface area contributed by atoms with Gasteiger partial charge in [0.1, 0.15) is 17.8 Å². The van der Waals surface area contributed by atoms with Gasteiger partial charge < -0.3 is 20.4 Å². The van der Waals surface area contributed by atoms with Gasteiger partial charge >= 0.3 is 0 Å². The quantitative estimate of drug-likeness (QED) is 0.928. The van der Waals surface area contributed by atoms with Crippen molar-refractivity contribution in [2.75, 3.05) is 60.7 Å². The molecule has 0 amide bonds. The van der Waals surface area contributed by atoms with E-state index in [1.807, 2.05) is 31.1 Å². The van der Waals surface area contributed by atoms with E-state index in [0.29, 0.717) is 17.2 Å². The van der Waals surface area contributed by atoms with Crippen LogP contribution in [-0.4, -0.2) is 50.2 Å². The molecule has 122 valence electrons. The average molecular weight is 316 g/mol. The lowest BCUT2D eigenvalue weighted by Crippen LogP contribution is -2.47. The zero-order chi connectivity index (χ0) is 16.4. The fourth-order valence-electron chi connectivity index (χ4n) is 2.85. The molecule has 0 radical (unpaired) electrons. The van der Waals surface area contributed by atoms with E-state index in [1.165, 1.54) is 12.4 Å². The number of aromatic nitrogens is 2. The fourth-order valence-corrected chi connectivity index (χ4v) is 2.85. The van der Waals surface area contributed by atoms with Crippen molar-refractivity contribution in [3.63, 3.8) is 0 Å². The van der Waals surface area contributed by atoms with Gasteiger partial charge in [-0.1, -0.05) is 12.1 Å². The summed E-state index contributed by atoms with van der Waals surface area (Å²) in [5, 5.41) is 0. The van der Waals surface area contributed by atoms with Crippen LogP contribution in [0, 0.1) is 5.82 Å². The van der Waals surface area contributed by atoms with Gasteiger partial charge in [-0.2, -0.15) is 0 Å². The van der Waals surface area contributed by atoms with Crippen LogP contribution in [0.15, 0.2) is 30.6 Å². The van der Waals surface area contributed by atoms with E-state index in [9.17, 15) is 4.39 Å². The summed E-state index contributed by atoms with van der Waals surface area (Å²) in [7, 11) is 3.80. The first kappa shape index (κ1) is 15.3. The molecule has 0 atom stereocenters. The first-order chi connectivity index (χ1) is 11.1. The first-order valence-corrected chi connectivity index (χ1v) is 7.60. The number of para-hydroxylation sites is 1. The highest BCUT2D eigenvalue weighted by Crippen LogP contribution is 2.29. The SMILES string of the molecule is CN(C)c1ncnc(N2CCN(c3ccccc3F)CC2)c1N. The minimum atomic E-state index is -0.183. The number of piperazine rings is 1. The summed E-state index contributed by atoms with van der Waals surface area (Å²) in [6.45, 7) is 2.92. The van der Waals surface area contributed by atoms with Gasteiger partial charge in [0.25, 0.3) is 0 Å². The van der Waals surface area contributed by atoms with Crippen LogP contribution in [0.3, 0.4) is 0 Å². The Morgan fingerprint density at radius 1 is 1.04 bits per heavy atom. The van der Waals surface area contributed by atoms with E-state index in [1.54, 1.807) is 6.07 Å². The molecule has 0 unspecified atom stereocenters. The predicted octanol–water partition coefficient (Wildman–Crippen LogP) is 1.59. The van der Waals surface area contributed by atoms with Crippen molar-refractivity contribution in [2.45, 2.75) is 0 Å². The Hall–Kier alpha value is -2.57. The van der Waals surface area contributed by atoms with Crippen molar-refractivity contribution in [1.29, 1.82) is 0 Å². The van der Waals surface area contributed by atoms with Gasteiger partial charge in [-0.15, -0.1) is 0 Å². The third kappa shape index (κ3) is 2.99. The molecule has 1 aromatic heterocycles. The topological polar surface area (TPSA) is 61.5 Å². The summed E-state index contributed by atoms with van der Waals surface area (Å²) in [6, 6.07) is 6.87. The molecule has 2 heterocycles. The summed E-state index contributed by atoms with van der Waals surface area (Å²) in [6.07, 6.45) is 1.53. The molecule has 23 heavy (non-hydrogen) atoms. The van der Waals surface area contributed by atoms with E-state index in [0.717, 1.165) is 32.0 Å². The molecule has 1 aliphatic heterocycles. The van der Waals surface area contributed by atoms with Gasteiger partial charge in [0, 0.05) is 40.3 Å². The minimum absolute atomic E-state index is 0.183. The molecule has 1 aliphatic rings. The second-order valence-electron chi connectivity index (χ2n) is 5.75. The maximum Gasteiger partial charge on any atom is 0.157 e. The fraction of sp³-hybridized carbons (Fsp3) is 0.375. The highest BCUT2D eigenvalue weighted by atomic mass is 19.1. The van der Waals surface area contributed by atoms with Crippen molar-refractivity contribution in [2.24, 2.45) is 0 Å². The number of nitrogen functional groups attached to an aromatic ring is 1. The van der Waals surface area contributed by atoms with Gasteiger partial charge in [0.2, 0.25) is 0 Å². The molecule has 3 rings (SSSR count). The van der Waals surface area contributed by atoms with Crippen LogP contribution >= 0.6 is 0 Å². The van der Waals surface area contributed by atoms with Gasteiger partial charge in [0.05, 0.1) is 5.69 Å². The molecule has 1 saturated heterocycles. The molecule has 1 aromatic carbocycles. The molecule has 6 nitrogen and oxygen atoms in total. The molecular weight excluding hydrogens is 295 g/mol. The summed E-state index contributed by atoms with van der Waals surface area (Å²) >= 11 is 0. The Balaban J connectivity index is 1.75. The third-order valence-electron chi connectivity index (χ3n) is 4.04. The molecule has 1 fully saturated rings. The number of hydrogen-bond donors (Lipinski definition) is 1. The molecule has 0 saturated carbocycles. The number of halogens is 1. The first-order valence-electron chi connectivity index (χ1n) is 7.60. The molecule has 7 heteroatoms. The summed E-state index contributed by atoms with van der Waals surface area (Å²) in [5.74, 6) is 1.28. The van der Waals surface area contributed by atoms with Gasteiger partial charge in [0.15, 0.2) is 11.6 Å². The van der Waals surface area contributed by atoms with Gasteiger partial charge in [-0.05, 0) is 12.1 Å². The monoisotopic (exact) mass is 316 g/mol. The lowest BCUT2D eigenvalue weighted by Gasteiger charge is -2.37. The Bertz CT molecular complexity index is 682. The Kier molecular flexibility index (Phi) is 4.18. The molecule has 2 N–H and O–H groups in total. The van der Waals surface area contributed by atoms with Crippen molar-refractivity contribution in [3.8, 4) is 0 Å². The van der Waals surface area contributed by atoms with E-state index in [-0.39, 0.29) is 5.82 Å². The second-order valence-corrected chi connectivity index (χ2v) is 5.75. The van der Waals surface area contributed by atoms with E-state index >= 15 is 0 Å². The van der Waals surface area contributed by atoms with E-state index in [4.69, 9.17) is 5.73 Å². The van der Waals surface area contributed by atoms with Crippen LogP contribution in [-0.2, 0) is 0 Å². The number of anilines is 4. The van der Waals surface area contributed by atoms with Crippen LogP contribution in [0.5, 0.6) is 0 Å². The highest BCUT2D eigenvalue weighted by Gasteiger charge is 2.23. The second kappa shape index (κ2) is 6.28. The third-order valence-corrected chi connectivity index (χ3v) is 4.04. The predicted molar refractivity (Wildman–Crippen MR) is 91.6 cm³/mol. The van der Waals surface area contributed by atoms with Crippen molar-refractivity contribution in [1.82, 2.24) is 9.97 Å². The van der Waals surface area contributed by atoms with Crippen LogP contribution in [0.4, 0.5) is 27.4 Å². The Morgan fingerprint density at radius 3 is 2.35 bits per heavy atom. The minimum Gasteiger partial charge on any atom is -0.393 e. The van der Waals surface area contributed by atoms with Gasteiger partial charge in [-0.3, -0.25) is 0 Å². The van der Waals surface area contributed by atoms with E-state index < -0.39 is 0 Å². The summed E-state index contributed by atoms with van der Waals surface area (Å²) in [4.78, 5) is 14.6. The zero-order valence-corrected chi connectivity index (χ0v) is 13.4.